The maximum atomic E-state index is 12.7. The van der Waals surface area contributed by atoms with E-state index in [9.17, 15) is 9.59 Å². The maximum Gasteiger partial charge on any atom is 0.336 e. The Morgan fingerprint density at radius 3 is 2.88 bits per heavy atom. The molecule has 0 aliphatic carbocycles. The second-order valence-electron chi connectivity index (χ2n) is 6.47. The fourth-order valence-corrected chi connectivity index (χ4v) is 3.22. The monoisotopic (exact) mass is 353 g/mol. The molecule has 134 valence electrons. The zero-order chi connectivity index (χ0) is 18.3. The summed E-state index contributed by atoms with van der Waals surface area (Å²) < 4.78 is 12.9. The predicted octanol–water partition coefficient (Wildman–Crippen LogP) is 2.11. The lowest BCUT2D eigenvalue weighted by molar-refractivity contribution is -0.139. The molecular formula is C19H19N3O4. The van der Waals surface area contributed by atoms with Gasteiger partial charge in [-0.05, 0) is 38.1 Å². The first-order valence-electron chi connectivity index (χ1n) is 8.52. The molecule has 2 aromatic heterocycles. The van der Waals surface area contributed by atoms with Crippen molar-refractivity contribution >= 4 is 16.9 Å². The van der Waals surface area contributed by atoms with Crippen molar-refractivity contribution in [3.8, 4) is 5.75 Å². The number of hydrogen-bond acceptors (Lipinski definition) is 5. The van der Waals surface area contributed by atoms with Gasteiger partial charge < -0.3 is 14.1 Å². The first-order valence-corrected chi connectivity index (χ1v) is 8.52. The van der Waals surface area contributed by atoms with Crippen molar-refractivity contribution in [2.75, 3.05) is 6.54 Å². The molecule has 3 aromatic rings. The van der Waals surface area contributed by atoms with Crippen LogP contribution < -0.4 is 10.4 Å². The lowest BCUT2D eigenvalue weighted by atomic mass is 10.2. The minimum atomic E-state index is -0.640. The summed E-state index contributed by atoms with van der Waals surface area (Å²) in [7, 11) is 0. The van der Waals surface area contributed by atoms with Crippen LogP contribution in [0.5, 0.6) is 5.75 Å². The molecule has 1 aliphatic heterocycles. The highest BCUT2D eigenvalue weighted by molar-refractivity contribution is 5.81. The minimum Gasteiger partial charge on any atom is -0.481 e. The summed E-state index contributed by atoms with van der Waals surface area (Å²) in [6.45, 7) is 5.49. The van der Waals surface area contributed by atoms with E-state index in [1.165, 1.54) is 6.07 Å². The summed E-state index contributed by atoms with van der Waals surface area (Å²) >= 11 is 0. The Morgan fingerprint density at radius 1 is 1.23 bits per heavy atom. The average molecular weight is 353 g/mol. The van der Waals surface area contributed by atoms with Gasteiger partial charge in [0.05, 0.1) is 24.5 Å². The lowest BCUT2D eigenvalue weighted by Gasteiger charge is -2.30. The second kappa shape index (κ2) is 6.33. The highest BCUT2D eigenvalue weighted by Gasteiger charge is 2.26. The number of carbonyl (C=O) groups is 1. The molecule has 0 fully saturated rings. The SMILES string of the molecule is Cc1cc2n(n1)CCN(C(=O)C(C)Oc1ccc3ccc(=O)oc3c1)C2. The van der Waals surface area contributed by atoms with Gasteiger partial charge in [-0.3, -0.25) is 9.48 Å². The van der Waals surface area contributed by atoms with Crippen LogP contribution in [0.15, 0.2) is 45.6 Å². The van der Waals surface area contributed by atoms with Crippen LogP contribution in [-0.2, 0) is 17.9 Å². The first-order chi connectivity index (χ1) is 12.5. The van der Waals surface area contributed by atoms with Gasteiger partial charge in [0, 0.05) is 24.1 Å². The molecule has 0 N–H and O–H groups in total. The summed E-state index contributed by atoms with van der Waals surface area (Å²) in [5.74, 6) is 0.412. The lowest BCUT2D eigenvalue weighted by Crippen LogP contribution is -2.44. The van der Waals surface area contributed by atoms with Crippen molar-refractivity contribution in [3.63, 3.8) is 0 Å². The fraction of sp³-hybridized carbons (Fsp3) is 0.316. The van der Waals surface area contributed by atoms with E-state index in [1.54, 1.807) is 36.1 Å². The molecule has 3 heterocycles. The van der Waals surface area contributed by atoms with Crippen molar-refractivity contribution in [1.29, 1.82) is 0 Å². The maximum absolute atomic E-state index is 12.7. The number of benzene rings is 1. The number of carbonyl (C=O) groups excluding carboxylic acids is 1. The van der Waals surface area contributed by atoms with Gasteiger partial charge >= 0.3 is 5.63 Å². The van der Waals surface area contributed by atoms with Crippen LogP contribution in [-0.4, -0.2) is 33.2 Å². The largest absolute Gasteiger partial charge is 0.481 e. The third kappa shape index (κ3) is 3.08. The van der Waals surface area contributed by atoms with E-state index >= 15 is 0 Å². The molecule has 1 unspecified atom stereocenters. The molecule has 1 aliphatic rings. The van der Waals surface area contributed by atoms with Crippen molar-refractivity contribution in [2.45, 2.75) is 33.0 Å². The van der Waals surface area contributed by atoms with Gasteiger partial charge in [0.25, 0.3) is 5.91 Å². The van der Waals surface area contributed by atoms with Crippen LogP contribution in [0.25, 0.3) is 11.0 Å². The topological polar surface area (TPSA) is 77.6 Å². The van der Waals surface area contributed by atoms with Crippen LogP contribution >= 0.6 is 0 Å². The Balaban J connectivity index is 1.48. The highest BCUT2D eigenvalue weighted by Crippen LogP contribution is 2.21. The first kappa shape index (κ1) is 16.4. The molecule has 1 aromatic carbocycles. The Kier molecular flexibility index (Phi) is 3.99. The summed E-state index contributed by atoms with van der Waals surface area (Å²) in [5, 5.41) is 5.21. The molecular weight excluding hydrogens is 334 g/mol. The molecule has 0 saturated carbocycles. The predicted molar refractivity (Wildman–Crippen MR) is 95.0 cm³/mol. The normalized spacial score (nSPS) is 14.9. The number of nitrogens with zero attached hydrogens (tertiary/aromatic N) is 3. The number of aromatic nitrogens is 2. The molecule has 0 spiro atoms. The van der Waals surface area contributed by atoms with Gasteiger partial charge in [-0.1, -0.05) is 0 Å². The molecule has 0 radical (unpaired) electrons. The summed E-state index contributed by atoms with van der Waals surface area (Å²) in [5.41, 5.74) is 2.00. The Bertz CT molecular complexity index is 1040. The average Bonchev–Trinajstić information content (AvgIpc) is 2.99. The van der Waals surface area contributed by atoms with Gasteiger partial charge in [0.2, 0.25) is 0 Å². The second-order valence-corrected chi connectivity index (χ2v) is 6.47. The fourth-order valence-electron chi connectivity index (χ4n) is 3.22. The van der Waals surface area contributed by atoms with E-state index in [-0.39, 0.29) is 5.91 Å². The molecule has 7 nitrogen and oxygen atoms in total. The number of fused-ring (bicyclic) bond motifs is 2. The summed E-state index contributed by atoms with van der Waals surface area (Å²) in [6, 6.07) is 10.3. The summed E-state index contributed by atoms with van der Waals surface area (Å²) in [6.07, 6.45) is -0.640. The van der Waals surface area contributed by atoms with E-state index in [0.717, 1.165) is 16.8 Å². The minimum absolute atomic E-state index is 0.0790. The standard InChI is InChI=1S/C19H19N3O4/c1-12-9-15-11-21(7-8-22(15)20-12)19(24)13(2)25-16-5-3-14-4-6-18(23)26-17(14)10-16/h3-6,9-10,13H,7-8,11H2,1-2H3. The number of amides is 1. The third-order valence-electron chi connectivity index (χ3n) is 4.49. The number of rotatable bonds is 3. The van der Waals surface area contributed by atoms with Crippen molar-refractivity contribution in [3.05, 3.63) is 58.2 Å². The van der Waals surface area contributed by atoms with Crippen LogP contribution in [0.4, 0.5) is 0 Å². The number of ether oxygens (including phenoxy) is 1. The van der Waals surface area contributed by atoms with Gasteiger partial charge in [0.15, 0.2) is 6.10 Å². The highest BCUT2D eigenvalue weighted by atomic mass is 16.5. The van der Waals surface area contributed by atoms with E-state index in [2.05, 4.69) is 5.10 Å². The zero-order valence-corrected chi connectivity index (χ0v) is 14.6. The molecule has 0 saturated heterocycles. The van der Waals surface area contributed by atoms with E-state index in [1.807, 2.05) is 17.7 Å². The van der Waals surface area contributed by atoms with Crippen LogP contribution in [0.2, 0.25) is 0 Å². The van der Waals surface area contributed by atoms with E-state index in [4.69, 9.17) is 9.15 Å². The van der Waals surface area contributed by atoms with Crippen molar-refractivity contribution < 1.29 is 13.9 Å². The van der Waals surface area contributed by atoms with Gasteiger partial charge in [-0.25, -0.2) is 4.79 Å². The van der Waals surface area contributed by atoms with Crippen LogP contribution in [0.3, 0.4) is 0 Å². The smallest absolute Gasteiger partial charge is 0.336 e. The molecule has 1 amide bonds. The molecule has 0 bridgehead atoms. The molecule has 26 heavy (non-hydrogen) atoms. The quantitative estimate of drug-likeness (QED) is 0.674. The van der Waals surface area contributed by atoms with Crippen molar-refractivity contribution in [1.82, 2.24) is 14.7 Å². The van der Waals surface area contributed by atoms with Gasteiger partial charge in [-0.15, -0.1) is 0 Å². The molecule has 4 rings (SSSR count). The van der Waals surface area contributed by atoms with Crippen LogP contribution in [0.1, 0.15) is 18.3 Å². The number of aryl methyl sites for hydroxylation is 1. The van der Waals surface area contributed by atoms with E-state index in [0.29, 0.717) is 31.0 Å². The summed E-state index contributed by atoms with van der Waals surface area (Å²) in [4.78, 5) is 25.9. The molecule has 1 atom stereocenters. The van der Waals surface area contributed by atoms with Gasteiger partial charge in [0.1, 0.15) is 11.3 Å². The Hall–Kier alpha value is -3.09. The zero-order valence-electron chi connectivity index (χ0n) is 14.6. The van der Waals surface area contributed by atoms with E-state index < -0.39 is 11.7 Å². The molecule has 7 heteroatoms. The third-order valence-corrected chi connectivity index (χ3v) is 4.49. The Morgan fingerprint density at radius 2 is 2.04 bits per heavy atom. The van der Waals surface area contributed by atoms with Crippen LogP contribution in [0, 0.1) is 6.92 Å². The Labute approximate surface area is 149 Å². The number of hydrogen-bond donors (Lipinski definition) is 0. The van der Waals surface area contributed by atoms with Gasteiger partial charge in [-0.2, -0.15) is 5.10 Å². The van der Waals surface area contributed by atoms with Crippen molar-refractivity contribution in [2.24, 2.45) is 0 Å².